The summed E-state index contributed by atoms with van der Waals surface area (Å²) in [4.78, 5) is 51.8. The molecule has 2 amide bonds. The van der Waals surface area contributed by atoms with E-state index in [0.717, 1.165) is 61.1 Å². The number of halogens is 1. The number of pyridine rings is 1. The van der Waals surface area contributed by atoms with Crippen molar-refractivity contribution in [2.75, 3.05) is 68.8 Å². The van der Waals surface area contributed by atoms with Crippen LogP contribution < -0.4 is 14.4 Å². The first kappa shape index (κ1) is 50.7. The van der Waals surface area contributed by atoms with Crippen LogP contribution in [0.25, 0.3) is 16.6 Å². The van der Waals surface area contributed by atoms with E-state index in [2.05, 4.69) is 59.7 Å². The quantitative estimate of drug-likeness (QED) is 0.0746. The van der Waals surface area contributed by atoms with Crippen LogP contribution in [0.4, 0.5) is 11.4 Å². The molecule has 2 N–H and O–H groups in total. The number of nitrogens with one attached hydrogen (secondary N) is 2. The van der Waals surface area contributed by atoms with E-state index < -0.39 is 41.2 Å². The summed E-state index contributed by atoms with van der Waals surface area (Å²) >= 11 is 6.25. The fourth-order valence-electron chi connectivity index (χ4n) is 9.45. The van der Waals surface area contributed by atoms with Gasteiger partial charge in [-0.3, -0.25) is 24.6 Å². The zero-order valence-electron chi connectivity index (χ0n) is 40.3. The van der Waals surface area contributed by atoms with Gasteiger partial charge < -0.3 is 19.5 Å². The molecule has 2 saturated heterocycles. The van der Waals surface area contributed by atoms with E-state index in [1.807, 2.05) is 25.1 Å². The molecule has 0 spiro atoms. The van der Waals surface area contributed by atoms with Crippen molar-refractivity contribution in [1.29, 1.82) is 0 Å². The second-order valence-corrected chi connectivity index (χ2v) is 24.6. The number of aromatic amines is 1. The van der Waals surface area contributed by atoms with Crippen molar-refractivity contribution in [2.45, 2.75) is 65.2 Å². The van der Waals surface area contributed by atoms with Gasteiger partial charge in [-0.2, -0.15) is 4.36 Å². The molecular formula is C51H61ClN8O8S2. The molecule has 372 valence electrons. The lowest BCUT2D eigenvalue weighted by molar-refractivity contribution is -0.385. The number of aromatic nitrogens is 2. The third kappa shape index (κ3) is 12.3. The lowest BCUT2D eigenvalue weighted by Gasteiger charge is -2.39. The topological polar surface area (TPSA) is 201 Å². The smallest absolute Gasteiger partial charge is 0.273 e. The first-order chi connectivity index (χ1) is 33.2. The Morgan fingerprint density at radius 2 is 1.70 bits per heavy atom. The van der Waals surface area contributed by atoms with Crippen molar-refractivity contribution in [3.63, 3.8) is 0 Å². The molecule has 2 aromatic heterocycles. The number of anilines is 1. The van der Waals surface area contributed by atoms with Crippen molar-refractivity contribution < 1.29 is 31.9 Å². The number of benzene rings is 3. The van der Waals surface area contributed by atoms with Crippen molar-refractivity contribution in [3.8, 4) is 11.5 Å². The highest BCUT2D eigenvalue weighted by Gasteiger charge is 2.31. The highest BCUT2D eigenvalue weighted by atomic mass is 35.5. The van der Waals surface area contributed by atoms with Gasteiger partial charge in [-0.25, -0.2) is 22.3 Å². The predicted molar refractivity (Wildman–Crippen MR) is 274 cm³/mol. The summed E-state index contributed by atoms with van der Waals surface area (Å²) in [6.07, 6.45) is 6.69. The summed E-state index contributed by atoms with van der Waals surface area (Å²) in [7, 11) is -7.25. The van der Waals surface area contributed by atoms with Crippen LogP contribution in [-0.4, -0.2) is 113 Å². The van der Waals surface area contributed by atoms with E-state index in [-0.39, 0.29) is 52.4 Å². The number of allylic oxidation sites excluding steroid dienone is 1. The van der Waals surface area contributed by atoms with Crippen LogP contribution >= 0.6 is 11.6 Å². The highest BCUT2D eigenvalue weighted by Crippen LogP contribution is 2.43. The number of hydrogen-bond donors (Lipinski definition) is 2. The Morgan fingerprint density at radius 3 is 2.40 bits per heavy atom. The Bertz CT molecular complexity index is 3050. The number of nitrogens with zero attached hydrogens (tertiary/aromatic N) is 6. The number of rotatable bonds is 15. The fraction of sp³-hybridized carbons (Fsp3) is 0.431. The van der Waals surface area contributed by atoms with Gasteiger partial charge in [0, 0.05) is 110 Å². The van der Waals surface area contributed by atoms with Crippen molar-refractivity contribution in [2.24, 2.45) is 21.6 Å². The van der Waals surface area contributed by atoms with Crippen LogP contribution in [0.2, 0.25) is 5.02 Å². The fourth-order valence-corrected chi connectivity index (χ4v) is 12.6. The molecule has 8 rings (SSSR count). The Hall–Kier alpha value is -5.66. The van der Waals surface area contributed by atoms with Gasteiger partial charge in [0.15, 0.2) is 0 Å². The zero-order valence-corrected chi connectivity index (χ0v) is 42.7. The van der Waals surface area contributed by atoms with Gasteiger partial charge in [0.25, 0.3) is 27.5 Å². The van der Waals surface area contributed by atoms with Gasteiger partial charge in [-0.1, -0.05) is 70.0 Å². The molecule has 5 aromatic rings. The Morgan fingerprint density at radius 1 is 0.971 bits per heavy atom. The minimum atomic E-state index is -4.62. The summed E-state index contributed by atoms with van der Waals surface area (Å²) in [5.41, 5.74) is 5.61. The maximum Gasteiger partial charge on any atom is 0.273 e. The van der Waals surface area contributed by atoms with Crippen LogP contribution in [0, 0.1) is 27.4 Å². The molecule has 2 fully saturated rings. The molecule has 4 heterocycles. The van der Waals surface area contributed by atoms with Gasteiger partial charge in [-0.05, 0) is 90.6 Å². The zero-order chi connectivity index (χ0) is 50.0. The summed E-state index contributed by atoms with van der Waals surface area (Å²) < 4.78 is 53.4. The molecule has 1 aliphatic carbocycles. The number of carbonyl (C=O) groups is 2. The van der Waals surface area contributed by atoms with Crippen LogP contribution in [0.3, 0.4) is 0 Å². The number of hydrogen-bond acceptors (Lipinski definition) is 12. The number of nitro groups is 1. The van der Waals surface area contributed by atoms with Gasteiger partial charge >= 0.3 is 0 Å². The Kier molecular flexibility index (Phi) is 15.2. The summed E-state index contributed by atoms with van der Waals surface area (Å²) in [6, 6.07) is 20.4. The second kappa shape index (κ2) is 21.0. The molecule has 19 heteroatoms. The molecular weight excluding hydrogens is 952 g/mol. The normalized spacial score (nSPS) is 18.2. The van der Waals surface area contributed by atoms with Crippen LogP contribution in [0.15, 0.2) is 100 Å². The molecule has 0 bridgehead atoms. The van der Waals surface area contributed by atoms with E-state index in [0.29, 0.717) is 49.7 Å². The molecule has 70 heavy (non-hydrogen) atoms. The Balaban J connectivity index is 0.965. The number of fused-ring (bicyclic) bond motifs is 1. The minimum absolute atomic E-state index is 0.0595. The van der Waals surface area contributed by atoms with E-state index in [1.54, 1.807) is 38.2 Å². The summed E-state index contributed by atoms with van der Waals surface area (Å²) in [5.74, 6) is -0.802. The molecule has 0 radical (unpaired) electrons. The monoisotopic (exact) mass is 1010 g/mol. The van der Waals surface area contributed by atoms with Crippen LogP contribution in [0.1, 0.15) is 75.4 Å². The molecule has 0 unspecified atom stereocenters. The molecule has 3 aliphatic rings. The lowest BCUT2D eigenvalue weighted by Crippen LogP contribution is -2.47. The third-order valence-corrected chi connectivity index (χ3v) is 17.2. The summed E-state index contributed by atoms with van der Waals surface area (Å²) in [5, 5.41) is 13.9. The third-order valence-electron chi connectivity index (χ3n) is 13.5. The maximum atomic E-state index is 14.1. The van der Waals surface area contributed by atoms with Gasteiger partial charge in [0.2, 0.25) is 0 Å². The number of H-pyrrole nitrogens is 1. The highest BCUT2D eigenvalue weighted by molar-refractivity contribution is 7.94. The van der Waals surface area contributed by atoms with Crippen LogP contribution in [0.5, 0.6) is 11.5 Å². The molecule has 0 saturated carbocycles. The lowest BCUT2D eigenvalue weighted by atomic mass is 9.72. The van der Waals surface area contributed by atoms with E-state index in [1.165, 1.54) is 41.1 Å². The second-order valence-electron chi connectivity index (χ2n) is 19.9. The Labute approximate surface area is 415 Å². The number of nitro benzene ring substituents is 1. The largest absolute Gasteiger partial charge is 0.455 e. The minimum Gasteiger partial charge on any atom is -0.455 e. The van der Waals surface area contributed by atoms with Crippen molar-refractivity contribution in [1.82, 2.24) is 24.5 Å². The number of amides is 2. The SMILES string of the molecule is CC(C)C(=O)N=S1(=O)CCN(C[C@H](C)Cc2ccc(S(=O)(=O)NC(=O)c3ccc(N4CCN(CC5=C(c6ccc(Cl)cc6)CC(C)(C)CC5)CC4)cc3Oc3cnc4[nH]ccc4c3)cc2[N+](=O)[O-])CC1. The molecule has 1 atom stereocenters. The van der Waals surface area contributed by atoms with E-state index in [4.69, 9.17) is 16.3 Å². The van der Waals surface area contributed by atoms with Gasteiger partial charge in [0.1, 0.15) is 17.1 Å². The van der Waals surface area contributed by atoms with Crippen LogP contribution in [-0.2, 0) is 31.0 Å². The first-order valence-corrected chi connectivity index (χ1v) is 27.5. The number of sulfonamides is 1. The maximum absolute atomic E-state index is 14.1. The molecule has 2 aliphatic heterocycles. The number of piperazine rings is 1. The van der Waals surface area contributed by atoms with Gasteiger partial charge in [-0.15, -0.1) is 0 Å². The van der Waals surface area contributed by atoms with E-state index >= 15 is 0 Å². The standard InChI is InChI=1S/C51H61ClN8O8S2/c1-34(2)49(61)55-69(65)24-22-58(23-25-69)32-35(3)26-37-8-12-43(29-46(37)60(63)64)70(66,67)56-50(62)44-13-11-41(28-47(44)68-42-27-38-15-17-53-48(38)54-31-42)59-20-18-57(19-21-59)33-39-14-16-51(4,5)30-45(39)36-6-9-40(52)10-7-36/h6-13,15,17,27-29,31,34-35H,14,16,18-26,30,32-33H2,1-5H3,(H,53,54)(H,56,62)/t35-/m1/s1. The average molecular weight is 1010 g/mol. The number of ether oxygens (including phenoxy) is 1. The van der Waals surface area contributed by atoms with Crippen molar-refractivity contribution >= 4 is 71.1 Å². The average Bonchev–Trinajstić information content (AvgIpc) is 3.79. The van der Waals surface area contributed by atoms with E-state index in [9.17, 15) is 32.3 Å². The van der Waals surface area contributed by atoms with Gasteiger partial charge in [0.05, 0.1) is 31.3 Å². The first-order valence-electron chi connectivity index (χ1n) is 23.8. The number of carbonyl (C=O) groups excluding carboxylic acids is 2. The molecule has 16 nitrogen and oxygen atoms in total. The molecule has 3 aromatic carbocycles. The van der Waals surface area contributed by atoms with Crippen molar-refractivity contribution in [3.05, 3.63) is 123 Å². The predicted octanol–water partition coefficient (Wildman–Crippen LogP) is 8.97. The summed E-state index contributed by atoms with van der Waals surface area (Å²) in [6.45, 7) is 15.4.